The lowest BCUT2D eigenvalue weighted by atomic mass is 10.1. The topological polar surface area (TPSA) is 86.7 Å². The number of aryl methyl sites for hydroxylation is 1. The van der Waals surface area contributed by atoms with Gasteiger partial charge in [-0.2, -0.15) is 0 Å². The molecule has 2 aromatic carbocycles. The lowest BCUT2D eigenvalue weighted by molar-refractivity contribution is -0.136. The maximum absolute atomic E-state index is 12.6. The van der Waals surface area contributed by atoms with E-state index in [2.05, 4.69) is 12.2 Å². The maximum atomic E-state index is 12.6. The maximum Gasteiger partial charge on any atom is 0.307 e. The molecule has 0 aliphatic carbocycles. The van der Waals surface area contributed by atoms with E-state index in [-0.39, 0.29) is 24.7 Å². The van der Waals surface area contributed by atoms with Crippen LogP contribution < -0.4 is 10.2 Å². The molecule has 1 unspecified atom stereocenters. The number of benzene rings is 2. The van der Waals surface area contributed by atoms with E-state index in [0.717, 1.165) is 12.1 Å². The zero-order valence-electron chi connectivity index (χ0n) is 15.1. The van der Waals surface area contributed by atoms with Crippen molar-refractivity contribution in [3.8, 4) is 0 Å². The molecular weight excluding hydrogens is 344 g/mol. The summed E-state index contributed by atoms with van der Waals surface area (Å²) in [6, 6.07) is 14.6. The van der Waals surface area contributed by atoms with E-state index < -0.39 is 11.9 Å². The van der Waals surface area contributed by atoms with E-state index in [1.54, 1.807) is 29.2 Å². The SMILES string of the molecule is CCc1ccc(N2CC(C(=O)Nc3ccccc3CC(=O)O)CC2=O)cc1. The van der Waals surface area contributed by atoms with Crippen LogP contribution in [0.15, 0.2) is 48.5 Å². The molecule has 0 saturated carbocycles. The smallest absolute Gasteiger partial charge is 0.307 e. The number of amides is 2. The van der Waals surface area contributed by atoms with Crippen LogP contribution in [0.1, 0.15) is 24.5 Å². The Balaban J connectivity index is 1.70. The largest absolute Gasteiger partial charge is 0.481 e. The Labute approximate surface area is 157 Å². The molecule has 27 heavy (non-hydrogen) atoms. The van der Waals surface area contributed by atoms with Crippen molar-refractivity contribution in [3.05, 3.63) is 59.7 Å². The molecule has 1 aliphatic rings. The molecule has 2 aromatic rings. The van der Waals surface area contributed by atoms with Crippen LogP contribution >= 0.6 is 0 Å². The number of nitrogens with one attached hydrogen (secondary N) is 1. The molecule has 6 heteroatoms. The molecule has 0 spiro atoms. The van der Waals surface area contributed by atoms with Crippen molar-refractivity contribution in [1.82, 2.24) is 0 Å². The van der Waals surface area contributed by atoms with Gasteiger partial charge in [0.2, 0.25) is 11.8 Å². The molecule has 1 heterocycles. The summed E-state index contributed by atoms with van der Waals surface area (Å²) in [4.78, 5) is 37.6. The minimum absolute atomic E-state index is 0.0850. The first-order chi connectivity index (χ1) is 13.0. The fraction of sp³-hybridized carbons (Fsp3) is 0.286. The Kier molecular flexibility index (Phi) is 5.54. The number of anilines is 2. The molecule has 1 aliphatic heterocycles. The molecule has 1 fully saturated rings. The molecule has 1 saturated heterocycles. The van der Waals surface area contributed by atoms with Gasteiger partial charge in [0.25, 0.3) is 0 Å². The van der Waals surface area contributed by atoms with E-state index in [4.69, 9.17) is 5.11 Å². The summed E-state index contributed by atoms with van der Waals surface area (Å²) in [6.07, 6.45) is 0.896. The van der Waals surface area contributed by atoms with Crippen molar-refractivity contribution in [2.45, 2.75) is 26.2 Å². The van der Waals surface area contributed by atoms with Gasteiger partial charge in [0, 0.05) is 24.3 Å². The van der Waals surface area contributed by atoms with Gasteiger partial charge in [-0.3, -0.25) is 14.4 Å². The van der Waals surface area contributed by atoms with Crippen molar-refractivity contribution in [3.63, 3.8) is 0 Å². The van der Waals surface area contributed by atoms with Gasteiger partial charge in [0.05, 0.1) is 12.3 Å². The van der Waals surface area contributed by atoms with Crippen LogP contribution in [0.25, 0.3) is 0 Å². The average molecular weight is 366 g/mol. The minimum Gasteiger partial charge on any atom is -0.481 e. The van der Waals surface area contributed by atoms with E-state index in [1.807, 2.05) is 24.3 Å². The Morgan fingerprint density at radius 2 is 1.85 bits per heavy atom. The summed E-state index contributed by atoms with van der Waals surface area (Å²) in [7, 11) is 0. The molecule has 0 radical (unpaired) electrons. The third-order valence-corrected chi connectivity index (χ3v) is 4.77. The van der Waals surface area contributed by atoms with E-state index in [9.17, 15) is 14.4 Å². The van der Waals surface area contributed by atoms with Gasteiger partial charge in [-0.05, 0) is 35.7 Å². The summed E-state index contributed by atoms with van der Waals surface area (Å²) in [5, 5.41) is 11.8. The van der Waals surface area contributed by atoms with Crippen molar-refractivity contribution >= 4 is 29.2 Å². The number of nitrogens with zero attached hydrogens (tertiary/aromatic N) is 1. The third-order valence-electron chi connectivity index (χ3n) is 4.77. The molecule has 6 nitrogen and oxygen atoms in total. The summed E-state index contributed by atoms with van der Waals surface area (Å²) < 4.78 is 0. The summed E-state index contributed by atoms with van der Waals surface area (Å²) in [5.41, 5.74) is 2.99. The Morgan fingerprint density at radius 3 is 2.52 bits per heavy atom. The quantitative estimate of drug-likeness (QED) is 0.823. The van der Waals surface area contributed by atoms with E-state index in [0.29, 0.717) is 17.8 Å². The van der Waals surface area contributed by atoms with Gasteiger partial charge in [-0.1, -0.05) is 37.3 Å². The van der Waals surface area contributed by atoms with Crippen LogP contribution in [0.5, 0.6) is 0 Å². The Hall–Kier alpha value is -3.15. The second-order valence-electron chi connectivity index (χ2n) is 6.64. The number of hydrogen-bond acceptors (Lipinski definition) is 3. The predicted molar refractivity (Wildman–Crippen MR) is 103 cm³/mol. The number of carboxylic acid groups (broad SMARTS) is 1. The highest BCUT2D eigenvalue weighted by Crippen LogP contribution is 2.27. The first-order valence-corrected chi connectivity index (χ1v) is 8.97. The molecule has 0 bridgehead atoms. The van der Waals surface area contributed by atoms with Crippen LogP contribution in [-0.4, -0.2) is 29.4 Å². The van der Waals surface area contributed by atoms with Gasteiger partial charge >= 0.3 is 5.97 Å². The molecule has 3 rings (SSSR count). The van der Waals surface area contributed by atoms with Crippen LogP contribution in [0.3, 0.4) is 0 Å². The van der Waals surface area contributed by atoms with Crippen molar-refractivity contribution in [2.75, 3.05) is 16.8 Å². The van der Waals surface area contributed by atoms with Crippen LogP contribution in [-0.2, 0) is 27.2 Å². The number of carboxylic acids is 1. The lowest BCUT2D eigenvalue weighted by Gasteiger charge is -2.17. The normalized spacial score (nSPS) is 16.4. The highest BCUT2D eigenvalue weighted by atomic mass is 16.4. The first kappa shape index (κ1) is 18.6. The minimum atomic E-state index is -0.963. The van der Waals surface area contributed by atoms with Crippen molar-refractivity contribution in [1.29, 1.82) is 0 Å². The van der Waals surface area contributed by atoms with Crippen LogP contribution in [0, 0.1) is 5.92 Å². The lowest BCUT2D eigenvalue weighted by Crippen LogP contribution is -2.28. The number of carbonyl (C=O) groups excluding carboxylic acids is 2. The van der Waals surface area contributed by atoms with Gasteiger partial charge in [0.15, 0.2) is 0 Å². The summed E-state index contributed by atoms with van der Waals surface area (Å²) >= 11 is 0. The fourth-order valence-electron chi connectivity index (χ4n) is 3.24. The van der Waals surface area contributed by atoms with Crippen LogP contribution in [0.4, 0.5) is 11.4 Å². The second-order valence-corrected chi connectivity index (χ2v) is 6.64. The second kappa shape index (κ2) is 8.03. The van der Waals surface area contributed by atoms with Gasteiger partial charge in [0.1, 0.15) is 0 Å². The van der Waals surface area contributed by atoms with Gasteiger partial charge in [-0.25, -0.2) is 0 Å². The number of rotatable bonds is 6. The van der Waals surface area contributed by atoms with E-state index in [1.165, 1.54) is 5.56 Å². The summed E-state index contributed by atoms with van der Waals surface area (Å²) in [6.45, 7) is 2.38. The number of aliphatic carboxylic acids is 1. The van der Waals surface area contributed by atoms with E-state index >= 15 is 0 Å². The number of hydrogen-bond donors (Lipinski definition) is 2. The average Bonchev–Trinajstić information content (AvgIpc) is 3.05. The highest BCUT2D eigenvalue weighted by Gasteiger charge is 2.35. The van der Waals surface area contributed by atoms with Crippen molar-refractivity contribution in [2.24, 2.45) is 5.92 Å². The standard InChI is InChI=1S/C21H22N2O4/c1-2-14-7-9-17(10-8-14)23-13-16(11-19(23)24)21(27)22-18-6-4-3-5-15(18)12-20(25)26/h3-10,16H,2,11-13H2,1H3,(H,22,27)(H,25,26). The molecule has 2 N–H and O–H groups in total. The van der Waals surface area contributed by atoms with Crippen LogP contribution in [0.2, 0.25) is 0 Å². The predicted octanol–water partition coefficient (Wildman–Crippen LogP) is 2.87. The Morgan fingerprint density at radius 1 is 1.15 bits per heavy atom. The van der Waals surface area contributed by atoms with Gasteiger partial charge < -0.3 is 15.3 Å². The summed E-state index contributed by atoms with van der Waals surface area (Å²) in [5.74, 6) is -1.79. The van der Waals surface area contributed by atoms with Crippen molar-refractivity contribution < 1.29 is 19.5 Å². The molecule has 0 aromatic heterocycles. The number of para-hydroxylation sites is 1. The monoisotopic (exact) mass is 366 g/mol. The Bertz CT molecular complexity index is 861. The molecule has 2 amide bonds. The first-order valence-electron chi connectivity index (χ1n) is 8.97. The van der Waals surface area contributed by atoms with Gasteiger partial charge in [-0.15, -0.1) is 0 Å². The molecule has 1 atom stereocenters. The molecule has 140 valence electrons. The molecular formula is C21H22N2O4. The third kappa shape index (κ3) is 4.34. The highest BCUT2D eigenvalue weighted by molar-refractivity contribution is 6.03. The zero-order chi connectivity index (χ0) is 19.4. The fourth-order valence-corrected chi connectivity index (χ4v) is 3.24. The number of carbonyl (C=O) groups is 3. The zero-order valence-corrected chi connectivity index (χ0v) is 15.1.